The molecule has 0 unspecified atom stereocenters. The van der Waals surface area contributed by atoms with Crippen LogP contribution >= 0.6 is 0 Å². The van der Waals surface area contributed by atoms with E-state index in [1.165, 1.54) is 19.2 Å². The standard InChI is InChI=1S/C16H13F2NO3/c1-9-3-4-11(16(21)22-2)8-14(9)19-15(20)10-5-6-12(17)13(18)7-10/h3-8H,1-2H3,(H,19,20). The molecular weight excluding hydrogens is 292 g/mol. The van der Waals surface area contributed by atoms with Crippen molar-refractivity contribution in [3.63, 3.8) is 0 Å². The number of hydrogen-bond acceptors (Lipinski definition) is 3. The summed E-state index contributed by atoms with van der Waals surface area (Å²) >= 11 is 0. The highest BCUT2D eigenvalue weighted by molar-refractivity contribution is 6.05. The van der Waals surface area contributed by atoms with Crippen molar-refractivity contribution in [2.45, 2.75) is 6.92 Å². The van der Waals surface area contributed by atoms with Crippen LogP contribution in [0.3, 0.4) is 0 Å². The van der Waals surface area contributed by atoms with Crippen molar-refractivity contribution < 1.29 is 23.1 Å². The van der Waals surface area contributed by atoms with Crippen LogP contribution in [0.2, 0.25) is 0 Å². The zero-order chi connectivity index (χ0) is 16.3. The van der Waals surface area contributed by atoms with Gasteiger partial charge in [-0.05, 0) is 42.8 Å². The first-order valence-electron chi connectivity index (χ1n) is 6.37. The van der Waals surface area contributed by atoms with Crippen molar-refractivity contribution >= 4 is 17.6 Å². The maximum absolute atomic E-state index is 13.2. The molecule has 0 atom stereocenters. The number of carbonyl (C=O) groups excluding carboxylic acids is 2. The molecule has 114 valence electrons. The molecule has 2 aromatic carbocycles. The molecule has 1 N–H and O–H groups in total. The van der Waals surface area contributed by atoms with Crippen LogP contribution in [-0.4, -0.2) is 19.0 Å². The molecule has 2 rings (SSSR count). The first-order valence-corrected chi connectivity index (χ1v) is 6.37. The minimum atomic E-state index is -1.10. The van der Waals surface area contributed by atoms with Crippen LogP contribution in [0.15, 0.2) is 36.4 Å². The van der Waals surface area contributed by atoms with Gasteiger partial charge in [-0.15, -0.1) is 0 Å². The molecule has 1 amide bonds. The number of methoxy groups -OCH3 is 1. The Kier molecular flexibility index (Phi) is 4.50. The molecular formula is C16H13F2NO3. The van der Waals surface area contributed by atoms with E-state index in [-0.39, 0.29) is 11.1 Å². The summed E-state index contributed by atoms with van der Waals surface area (Å²) in [5, 5.41) is 2.56. The minimum Gasteiger partial charge on any atom is -0.465 e. The number of rotatable bonds is 3. The monoisotopic (exact) mass is 305 g/mol. The normalized spacial score (nSPS) is 10.2. The third kappa shape index (κ3) is 3.28. The van der Waals surface area contributed by atoms with E-state index >= 15 is 0 Å². The highest BCUT2D eigenvalue weighted by Crippen LogP contribution is 2.19. The SMILES string of the molecule is COC(=O)c1ccc(C)c(NC(=O)c2ccc(F)c(F)c2)c1. The average Bonchev–Trinajstić information content (AvgIpc) is 2.51. The Morgan fingerprint density at radius 2 is 1.68 bits per heavy atom. The van der Waals surface area contributed by atoms with Gasteiger partial charge in [-0.2, -0.15) is 0 Å². The molecule has 0 fully saturated rings. The van der Waals surface area contributed by atoms with Crippen LogP contribution in [0, 0.1) is 18.6 Å². The lowest BCUT2D eigenvalue weighted by Gasteiger charge is -2.10. The molecule has 0 aliphatic rings. The summed E-state index contributed by atoms with van der Waals surface area (Å²) in [7, 11) is 1.25. The molecule has 0 saturated heterocycles. The lowest BCUT2D eigenvalue weighted by atomic mass is 10.1. The molecule has 0 heterocycles. The van der Waals surface area contributed by atoms with Crippen molar-refractivity contribution in [2.24, 2.45) is 0 Å². The maximum Gasteiger partial charge on any atom is 0.337 e. The highest BCUT2D eigenvalue weighted by Gasteiger charge is 2.13. The van der Waals surface area contributed by atoms with E-state index in [2.05, 4.69) is 10.1 Å². The fourth-order valence-electron chi connectivity index (χ4n) is 1.83. The predicted molar refractivity (Wildman–Crippen MR) is 76.8 cm³/mol. The number of aryl methyl sites for hydroxylation is 1. The third-order valence-corrected chi connectivity index (χ3v) is 3.09. The van der Waals surface area contributed by atoms with Gasteiger partial charge in [0.15, 0.2) is 11.6 Å². The Morgan fingerprint density at radius 1 is 1.00 bits per heavy atom. The lowest BCUT2D eigenvalue weighted by Crippen LogP contribution is -2.14. The van der Waals surface area contributed by atoms with E-state index in [1.807, 2.05) is 0 Å². The molecule has 0 radical (unpaired) electrons. The quantitative estimate of drug-likeness (QED) is 0.885. The van der Waals surface area contributed by atoms with Gasteiger partial charge in [0.25, 0.3) is 5.91 Å². The molecule has 0 aliphatic carbocycles. The van der Waals surface area contributed by atoms with Gasteiger partial charge in [-0.1, -0.05) is 6.07 Å². The Bertz CT molecular complexity index is 744. The Hall–Kier alpha value is -2.76. The lowest BCUT2D eigenvalue weighted by molar-refractivity contribution is 0.0600. The van der Waals surface area contributed by atoms with Gasteiger partial charge < -0.3 is 10.1 Å². The summed E-state index contributed by atoms with van der Waals surface area (Å²) in [6.07, 6.45) is 0. The minimum absolute atomic E-state index is 0.0261. The smallest absolute Gasteiger partial charge is 0.337 e. The van der Waals surface area contributed by atoms with Gasteiger partial charge >= 0.3 is 5.97 Å². The first-order chi connectivity index (χ1) is 10.4. The molecule has 0 aromatic heterocycles. The fraction of sp³-hybridized carbons (Fsp3) is 0.125. The Morgan fingerprint density at radius 3 is 2.32 bits per heavy atom. The first kappa shape index (κ1) is 15.6. The Balaban J connectivity index is 2.27. The summed E-state index contributed by atoms with van der Waals surface area (Å²) in [5.41, 5.74) is 1.34. The van der Waals surface area contributed by atoms with E-state index in [4.69, 9.17) is 0 Å². The van der Waals surface area contributed by atoms with Gasteiger partial charge in [0.05, 0.1) is 12.7 Å². The van der Waals surface area contributed by atoms with Crippen molar-refractivity contribution in [2.75, 3.05) is 12.4 Å². The van der Waals surface area contributed by atoms with Gasteiger partial charge in [-0.3, -0.25) is 4.79 Å². The Labute approximate surface area is 125 Å². The second-order valence-electron chi connectivity index (χ2n) is 4.60. The predicted octanol–water partition coefficient (Wildman–Crippen LogP) is 3.31. The molecule has 22 heavy (non-hydrogen) atoms. The van der Waals surface area contributed by atoms with Crippen LogP contribution in [0.25, 0.3) is 0 Å². The van der Waals surface area contributed by atoms with Crippen LogP contribution < -0.4 is 5.32 Å². The number of hydrogen-bond donors (Lipinski definition) is 1. The van der Waals surface area contributed by atoms with Crippen molar-refractivity contribution in [3.8, 4) is 0 Å². The molecule has 0 saturated carbocycles. The van der Waals surface area contributed by atoms with E-state index in [0.29, 0.717) is 11.3 Å². The average molecular weight is 305 g/mol. The van der Waals surface area contributed by atoms with Crippen LogP contribution in [0.5, 0.6) is 0 Å². The molecule has 2 aromatic rings. The number of anilines is 1. The molecule has 6 heteroatoms. The van der Waals surface area contributed by atoms with Gasteiger partial charge in [0, 0.05) is 11.3 Å². The topological polar surface area (TPSA) is 55.4 Å². The summed E-state index contributed by atoms with van der Waals surface area (Å²) in [4.78, 5) is 23.6. The largest absolute Gasteiger partial charge is 0.465 e. The summed E-state index contributed by atoms with van der Waals surface area (Å²) in [6, 6.07) is 7.53. The van der Waals surface area contributed by atoms with E-state index in [0.717, 1.165) is 12.1 Å². The molecule has 4 nitrogen and oxygen atoms in total. The van der Waals surface area contributed by atoms with E-state index in [1.54, 1.807) is 19.1 Å². The summed E-state index contributed by atoms with van der Waals surface area (Å²) < 4.78 is 30.6. The van der Waals surface area contributed by atoms with Crippen LogP contribution in [-0.2, 0) is 4.74 Å². The summed E-state index contributed by atoms with van der Waals surface area (Å²) in [6.45, 7) is 1.74. The van der Waals surface area contributed by atoms with Crippen molar-refractivity contribution in [1.29, 1.82) is 0 Å². The number of nitrogens with one attached hydrogen (secondary N) is 1. The summed E-state index contributed by atoms with van der Waals surface area (Å²) in [5.74, 6) is -3.28. The van der Waals surface area contributed by atoms with E-state index < -0.39 is 23.5 Å². The number of halogens is 2. The number of carbonyl (C=O) groups is 2. The fourth-order valence-corrected chi connectivity index (χ4v) is 1.83. The zero-order valence-corrected chi connectivity index (χ0v) is 11.9. The van der Waals surface area contributed by atoms with Gasteiger partial charge in [0.2, 0.25) is 0 Å². The molecule has 0 spiro atoms. The van der Waals surface area contributed by atoms with Crippen molar-refractivity contribution in [3.05, 3.63) is 64.7 Å². The second-order valence-corrected chi connectivity index (χ2v) is 4.60. The molecule has 0 bridgehead atoms. The third-order valence-electron chi connectivity index (χ3n) is 3.09. The molecule has 0 aliphatic heterocycles. The van der Waals surface area contributed by atoms with Crippen LogP contribution in [0.4, 0.5) is 14.5 Å². The number of benzene rings is 2. The number of esters is 1. The van der Waals surface area contributed by atoms with Crippen LogP contribution in [0.1, 0.15) is 26.3 Å². The number of amides is 1. The van der Waals surface area contributed by atoms with Gasteiger partial charge in [-0.25, -0.2) is 13.6 Å². The second kappa shape index (κ2) is 6.34. The highest BCUT2D eigenvalue weighted by atomic mass is 19.2. The zero-order valence-electron chi connectivity index (χ0n) is 11.9. The van der Waals surface area contributed by atoms with Crippen molar-refractivity contribution in [1.82, 2.24) is 0 Å². The van der Waals surface area contributed by atoms with E-state index in [9.17, 15) is 18.4 Å². The maximum atomic E-state index is 13.2. The number of ether oxygens (including phenoxy) is 1. The van der Waals surface area contributed by atoms with Gasteiger partial charge in [0.1, 0.15) is 0 Å².